The van der Waals surface area contributed by atoms with Crippen molar-refractivity contribution in [1.29, 1.82) is 0 Å². The Labute approximate surface area is 177 Å². The molecule has 2 aromatic carbocycles. The fourth-order valence-electron chi connectivity index (χ4n) is 2.58. The van der Waals surface area contributed by atoms with Gasteiger partial charge in [-0.25, -0.2) is 18.0 Å². The van der Waals surface area contributed by atoms with Crippen molar-refractivity contribution in [2.24, 2.45) is 5.73 Å². The lowest BCUT2D eigenvalue weighted by molar-refractivity contribution is -0.127. The van der Waals surface area contributed by atoms with Crippen molar-refractivity contribution < 1.29 is 37.0 Å². The molecule has 11 nitrogen and oxygen atoms in total. The van der Waals surface area contributed by atoms with Gasteiger partial charge in [0.2, 0.25) is 0 Å². The Balaban J connectivity index is 1.66. The highest BCUT2D eigenvalue weighted by Gasteiger charge is 2.21. The Bertz CT molecular complexity index is 1120. The zero-order valence-electron chi connectivity index (χ0n) is 16.3. The van der Waals surface area contributed by atoms with Gasteiger partial charge in [0.15, 0.2) is 17.6 Å². The number of nitrogens with two attached hydrogens (primary N) is 1. The van der Waals surface area contributed by atoms with Crippen LogP contribution >= 0.6 is 0 Å². The number of benzene rings is 2. The highest BCUT2D eigenvalue weighted by Crippen LogP contribution is 2.32. The molecule has 0 aliphatic carbocycles. The minimum Gasteiger partial charge on any atom is -0.486 e. The van der Waals surface area contributed by atoms with Gasteiger partial charge in [0.1, 0.15) is 13.2 Å². The van der Waals surface area contributed by atoms with Crippen molar-refractivity contribution in [2.45, 2.75) is 17.9 Å². The van der Waals surface area contributed by atoms with Gasteiger partial charge in [-0.3, -0.25) is 14.8 Å². The van der Waals surface area contributed by atoms with Crippen LogP contribution in [0.4, 0.5) is 10.5 Å². The van der Waals surface area contributed by atoms with Crippen LogP contribution in [0.5, 0.6) is 11.5 Å². The lowest BCUT2D eigenvalue weighted by Gasteiger charge is -2.19. The van der Waals surface area contributed by atoms with E-state index in [4.69, 9.17) is 19.9 Å². The van der Waals surface area contributed by atoms with Gasteiger partial charge >= 0.3 is 12.0 Å². The third-order valence-corrected chi connectivity index (χ3v) is 5.48. The summed E-state index contributed by atoms with van der Waals surface area (Å²) in [4.78, 5) is 34.3. The molecule has 0 radical (unpaired) electrons. The molecule has 164 valence electrons. The van der Waals surface area contributed by atoms with E-state index in [1.54, 1.807) is 5.32 Å². The molecule has 0 saturated heterocycles. The van der Waals surface area contributed by atoms with E-state index in [0.29, 0.717) is 24.7 Å². The smallest absolute Gasteiger partial charge is 0.338 e. The van der Waals surface area contributed by atoms with Crippen molar-refractivity contribution in [1.82, 2.24) is 5.32 Å². The Morgan fingerprint density at radius 3 is 2.32 bits per heavy atom. The quantitative estimate of drug-likeness (QED) is 0.550. The van der Waals surface area contributed by atoms with Crippen LogP contribution in [0.25, 0.3) is 0 Å². The second-order valence-electron chi connectivity index (χ2n) is 6.39. The van der Waals surface area contributed by atoms with Crippen molar-refractivity contribution in [3.63, 3.8) is 0 Å². The van der Waals surface area contributed by atoms with Crippen LogP contribution in [0.3, 0.4) is 0 Å². The molecule has 0 fully saturated rings. The molecule has 1 aliphatic heterocycles. The molecule has 12 heteroatoms. The first-order valence-electron chi connectivity index (χ1n) is 8.99. The highest BCUT2D eigenvalue weighted by molar-refractivity contribution is 7.92. The number of hydrogen-bond acceptors (Lipinski definition) is 8. The molecule has 0 aromatic heterocycles. The number of carbonyl (C=O) groups excluding carboxylic acids is 3. The number of amides is 3. The van der Waals surface area contributed by atoms with E-state index in [1.165, 1.54) is 49.4 Å². The maximum absolute atomic E-state index is 12.6. The van der Waals surface area contributed by atoms with E-state index in [9.17, 15) is 22.8 Å². The van der Waals surface area contributed by atoms with Crippen LogP contribution in [0.2, 0.25) is 0 Å². The summed E-state index contributed by atoms with van der Waals surface area (Å²) in [7, 11) is -3.92. The van der Waals surface area contributed by atoms with Gasteiger partial charge in [-0.1, -0.05) is 0 Å². The molecule has 1 unspecified atom stereocenters. The molecule has 0 spiro atoms. The summed E-state index contributed by atoms with van der Waals surface area (Å²) in [5.74, 6) is -0.911. The van der Waals surface area contributed by atoms with E-state index in [1.807, 2.05) is 0 Å². The molecule has 3 rings (SSSR count). The fraction of sp³-hybridized carbons (Fsp3) is 0.211. The first kappa shape index (κ1) is 21.9. The minimum absolute atomic E-state index is 0.0190. The number of rotatable bonds is 6. The lowest BCUT2D eigenvalue weighted by atomic mass is 10.2. The van der Waals surface area contributed by atoms with Crippen LogP contribution in [0.15, 0.2) is 47.4 Å². The number of urea groups is 1. The monoisotopic (exact) mass is 449 g/mol. The molecule has 4 N–H and O–H groups in total. The molecule has 31 heavy (non-hydrogen) atoms. The number of nitrogens with one attached hydrogen (secondary N) is 2. The molecule has 2 aromatic rings. The number of fused-ring (bicyclic) bond motifs is 1. The van der Waals surface area contributed by atoms with E-state index in [-0.39, 0.29) is 16.1 Å². The van der Waals surface area contributed by atoms with Gasteiger partial charge in [-0.2, -0.15) is 0 Å². The van der Waals surface area contributed by atoms with E-state index < -0.39 is 34.0 Å². The van der Waals surface area contributed by atoms with Crippen LogP contribution in [0, 0.1) is 0 Å². The molecule has 1 heterocycles. The van der Waals surface area contributed by atoms with Crippen molar-refractivity contribution in [3.05, 3.63) is 48.0 Å². The summed E-state index contributed by atoms with van der Waals surface area (Å²) in [5.41, 5.74) is 5.11. The third-order valence-electron chi connectivity index (χ3n) is 4.10. The molecule has 0 bridgehead atoms. The van der Waals surface area contributed by atoms with Gasteiger partial charge in [0.25, 0.3) is 15.9 Å². The van der Waals surface area contributed by atoms with Gasteiger partial charge in [0, 0.05) is 11.8 Å². The molecular formula is C19H19N3O8S. The largest absolute Gasteiger partial charge is 0.486 e. The fourth-order valence-corrected chi connectivity index (χ4v) is 3.66. The van der Waals surface area contributed by atoms with Crippen molar-refractivity contribution in [2.75, 3.05) is 17.9 Å². The third kappa shape index (κ3) is 5.42. The second kappa shape index (κ2) is 8.92. The highest BCUT2D eigenvalue weighted by atomic mass is 32.2. The summed E-state index contributed by atoms with van der Waals surface area (Å²) in [6, 6.07) is 8.56. The SMILES string of the molecule is CC(OC(=O)c1ccc(NS(=O)(=O)c2ccc3c(c2)OCCO3)cc1)C(=O)NC(N)=O. The summed E-state index contributed by atoms with van der Waals surface area (Å²) >= 11 is 0. The predicted molar refractivity (Wildman–Crippen MR) is 107 cm³/mol. The van der Waals surface area contributed by atoms with Crippen LogP contribution in [-0.4, -0.2) is 45.6 Å². The maximum Gasteiger partial charge on any atom is 0.338 e. The summed E-state index contributed by atoms with van der Waals surface area (Å²) in [6.45, 7) is 1.98. The summed E-state index contributed by atoms with van der Waals surface area (Å²) in [6.07, 6.45) is -1.26. The van der Waals surface area contributed by atoms with Crippen molar-refractivity contribution in [3.8, 4) is 11.5 Å². The Kier molecular flexibility index (Phi) is 6.30. The zero-order valence-corrected chi connectivity index (χ0v) is 17.1. The normalized spacial score (nSPS) is 13.6. The zero-order chi connectivity index (χ0) is 22.6. The average molecular weight is 449 g/mol. The second-order valence-corrected chi connectivity index (χ2v) is 8.07. The molecule has 3 amide bonds. The number of anilines is 1. The van der Waals surface area contributed by atoms with Crippen LogP contribution in [0.1, 0.15) is 17.3 Å². The summed E-state index contributed by atoms with van der Waals surface area (Å²) < 4.78 is 43.4. The van der Waals surface area contributed by atoms with E-state index in [2.05, 4.69) is 4.72 Å². The van der Waals surface area contributed by atoms with Crippen molar-refractivity contribution >= 4 is 33.6 Å². The number of sulfonamides is 1. The topological polar surface area (TPSA) is 163 Å². The molecular weight excluding hydrogens is 430 g/mol. The van der Waals surface area contributed by atoms with Crippen LogP contribution < -0.4 is 25.2 Å². The standard InChI is InChI=1S/C19H19N3O8S/c1-11(17(23)21-19(20)25)30-18(24)12-2-4-13(5-3-12)22-31(26,27)14-6-7-15-16(10-14)29-9-8-28-15/h2-7,10-11,22H,8-9H2,1H3,(H3,20,21,23,25). The molecule has 1 atom stereocenters. The lowest BCUT2D eigenvalue weighted by Crippen LogP contribution is -2.42. The molecule has 0 saturated carbocycles. The van der Waals surface area contributed by atoms with Gasteiger partial charge in [0.05, 0.1) is 10.5 Å². The van der Waals surface area contributed by atoms with Gasteiger partial charge < -0.3 is 19.9 Å². The maximum atomic E-state index is 12.6. The Morgan fingerprint density at radius 1 is 1.03 bits per heavy atom. The predicted octanol–water partition coefficient (Wildman–Crippen LogP) is 0.999. The van der Waals surface area contributed by atoms with Gasteiger partial charge in [-0.05, 0) is 43.3 Å². The number of primary amides is 1. The average Bonchev–Trinajstić information content (AvgIpc) is 2.73. The van der Waals surface area contributed by atoms with Crippen LogP contribution in [-0.2, 0) is 19.6 Å². The number of carbonyl (C=O) groups is 3. The number of hydrogen-bond donors (Lipinski definition) is 3. The van der Waals surface area contributed by atoms with E-state index in [0.717, 1.165) is 0 Å². The number of imide groups is 1. The summed E-state index contributed by atoms with van der Waals surface area (Å²) in [5, 5.41) is 1.80. The number of ether oxygens (including phenoxy) is 3. The Hall–Kier alpha value is -3.80. The van der Waals surface area contributed by atoms with E-state index >= 15 is 0 Å². The first-order chi connectivity index (χ1) is 14.7. The Morgan fingerprint density at radius 2 is 1.68 bits per heavy atom. The number of esters is 1. The van der Waals surface area contributed by atoms with Gasteiger partial charge in [-0.15, -0.1) is 0 Å². The minimum atomic E-state index is -3.92. The molecule has 1 aliphatic rings. The first-order valence-corrected chi connectivity index (χ1v) is 10.5.